The van der Waals surface area contributed by atoms with Crippen LogP contribution in [0.1, 0.15) is 11.3 Å². The van der Waals surface area contributed by atoms with Crippen molar-refractivity contribution in [2.45, 2.75) is 23.5 Å². The summed E-state index contributed by atoms with van der Waals surface area (Å²) in [5, 5.41) is 0.684. The Morgan fingerprint density at radius 1 is 1.31 bits per heavy atom. The van der Waals surface area contributed by atoms with Crippen molar-refractivity contribution in [3.63, 3.8) is 0 Å². The van der Waals surface area contributed by atoms with Crippen LogP contribution in [0.25, 0.3) is 0 Å². The number of hydrogen-bond donors (Lipinski definition) is 1. The Morgan fingerprint density at radius 3 is 2.62 bits per heavy atom. The van der Waals surface area contributed by atoms with Gasteiger partial charge in [-0.3, -0.25) is 0 Å². The second-order valence-corrected chi connectivity index (χ2v) is 4.56. The minimum absolute atomic E-state index is 0.684. The lowest BCUT2D eigenvalue weighted by atomic mass is 10.2. The zero-order valence-electron chi connectivity index (χ0n) is 9.14. The van der Waals surface area contributed by atoms with Crippen LogP contribution in [0.15, 0.2) is 45.1 Å². The van der Waals surface area contributed by atoms with Gasteiger partial charge in [-0.2, -0.15) is 0 Å². The average molecular weight is 234 g/mol. The van der Waals surface area contributed by atoms with E-state index in [9.17, 15) is 0 Å². The van der Waals surface area contributed by atoms with Crippen molar-refractivity contribution in [3.05, 3.63) is 41.8 Å². The molecule has 0 spiro atoms. The molecule has 3 nitrogen and oxygen atoms in total. The molecule has 0 unspecified atom stereocenters. The summed E-state index contributed by atoms with van der Waals surface area (Å²) in [5.41, 5.74) is 7.66. The third-order valence-corrected chi connectivity index (χ3v) is 3.03. The van der Waals surface area contributed by atoms with Gasteiger partial charge >= 0.3 is 0 Å². The maximum atomic E-state index is 5.49. The molecule has 2 aromatic rings. The first-order chi connectivity index (χ1) is 7.78. The van der Waals surface area contributed by atoms with Crippen molar-refractivity contribution in [1.29, 1.82) is 0 Å². The van der Waals surface area contributed by atoms with E-state index >= 15 is 0 Å². The maximum Gasteiger partial charge on any atom is 0.260 e. The summed E-state index contributed by atoms with van der Waals surface area (Å²) in [6.07, 6.45) is 2.58. The fourth-order valence-electron chi connectivity index (χ4n) is 1.37. The Kier molecular flexibility index (Phi) is 3.64. The van der Waals surface area contributed by atoms with Crippen LogP contribution in [0.4, 0.5) is 0 Å². The normalized spacial score (nSPS) is 10.6. The first-order valence-electron chi connectivity index (χ1n) is 5.17. The quantitative estimate of drug-likeness (QED) is 0.883. The number of rotatable bonds is 4. The highest BCUT2D eigenvalue weighted by atomic mass is 32.2. The summed E-state index contributed by atoms with van der Waals surface area (Å²) in [4.78, 5) is 5.37. The molecule has 0 bridgehead atoms. The van der Waals surface area contributed by atoms with Crippen LogP contribution in [0.3, 0.4) is 0 Å². The second kappa shape index (κ2) is 5.18. The molecule has 0 aliphatic carbocycles. The Hall–Kier alpha value is -1.26. The van der Waals surface area contributed by atoms with Gasteiger partial charge in [-0.15, -0.1) is 0 Å². The molecule has 0 saturated carbocycles. The number of oxazole rings is 1. The van der Waals surface area contributed by atoms with Crippen molar-refractivity contribution >= 4 is 11.8 Å². The molecule has 1 aromatic heterocycles. The van der Waals surface area contributed by atoms with Gasteiger partial charge in [0, 0.05) is 4.90 Å². The first-order valence-corrected chi connectivity index (χ1v) is 5.98. The zero-order chi connectivity index (χ0) is 11.4. The minimum Gasteiger partial charge on any atom is -0.439 e. The van der Waals surface area contributed by atoms with Gasteiger partial charge in [0.05, 0.1) is 5.69 Å². The lowest BCUT2D eigenvalue weighted by Crippen LogP contribution is -2.02. The summed E-state index contributed by atoms with van der Waals surface area (Å²) < 4.78 is 5.28. The Morgan fingerprint density at radius 2 is 2.06 bits per heavy atom. The maximum absolute atomic E-state index is 5.49. The van der Waals surface area contributed by atoms with Gasteiger partial charge in [-0.25, -0.2) is 4.98 Å². The molecule has 16 heavy (non-hydrogen) atoms. The summed E-state index contributed by atoms with van der Waals surface area (Å²) in [6, 6.07) is 8.31. The van der Waals surface area contributed by atoms with E-state index in [0.29, 0.717) is 11.8 Å². The van der Waals surface area contributed by atoms with Crippen molar-refractivity contribution in [1.82, 2.24) is 4.98 Å². The van der Waals surface area contributed by atoms with E-state index in [1.54, 1.807) is 6.26 Å². The van der Waals surface area contributed by atoms with Gasteiger partial charge in [0.15, 0.2) is 0 Å². The van der Waals surface area contributed by atoms with Crippen LogP contribution >= 0.6 is 11.8 Å². The predicted octanol–water partition coefficient (Wildman–Crippen LogP) is 2.64. The van der Waals surface area contributed by atoms with Gasteiger partial charge in [-0.1, -0.05) is 12.1 Å². The van der Waals surface area contributed by atoms with Crippen molar-refractivity contribution in [3.8, 4) is 0 Å². The molecule has 84 valence electrons. The number of aromatic nitrogens is 1. The molecular weight excluding hydrogens is 220 g/mol. The lowest BCUT2D eigenvalue weighted by Gasteiger charge is -2.00. The molecule has 1 aromatic carbocycles. The smallest absolute Gasteiger partial charge is 0.260 e. The van der Waals surface area contributed by atoms with Crippen LogP contribution < -0.4 is 5.73 Å². The molecule has 2 rings (SSSR count). The van der Waals surface area contributed by atoms with Crippen molar-refractivity contribution < 1.29 is 4.42 Å². The van der Waals surface area contributed by atoms with Gasteiger partial charge in [0.1, 0.15) is 6.26 Å². The van der Waals surface area contributed by atoms with E-state index in [-0.39, 0.29) is 0 Å². The number of hydrogen-bond acceptors (Lipinski definition) is 4. The fourth-order valence-corrected chi connectivity index (χ4v) is 2.13. The van der Waals surface area contributed by atoms with E-state index < -0.39 is 0 Å². The Bertz CT molecular complexity index is 450. The van der Waals surface area contributed by atoms with E-state index in [0.717, 1.165) is 17.0 Å². The number of nitrogens with two attached hydrogens (primary N) is 1. The highest BCUT2D eigenvalue weighted by Gasteiger charge is 2.03. The predicted molar refractivity (Wildman–Crippen MR) is 64.6 cm³/mol. The van der Waals surface area contributed by atoms with E-state index in [1.807, 2.05) is 6.92 Å². The van der Waals surface area contributed by atoms with E-state index in [1.165, 1.54) is 17.3 Å². The van der Waals surface area contributed by atoms with Crippen LogP contribution in [-0.2, 0) is 6.42 Å². The molecule has 0 atom stereocenters. The molecule has 4 heteroatoms. The first kappa shape index (κ1) is 11.2. The Labute approximate surface area is 99.1 Å². The highest BCUT2D eigenvalue weighted by Crippen LogP contribution is 2.26. The molecule has 0 radical (unpaired) electrons. The molecule has 1 heterocycles. The third-order valence-electron chi connectivity index (χ3n) is 2.16. The van der Waals surface area contributed by atoms with Crippen LogP contribution in [0, 0.1) is 6.92 Å². The SMILES string of the molecule is Cc1coc(Sc2ccc(CCN)cc2)n1. The van der Waals surface area contributed by atoms with Gasteiger partial charge in [0.25, 0.3) is 5.22 Å². The number of aryl methyl sites for hydroxylation is 1. The monoisotopic (exact) mass is 234 g/mol. The average Bonchev–Trinajstić information content (AvgIpc) is 2.67. The van der Waals surface area contributed by atoms with Crippen LogP contribution in [0.2, 0.25) is 0 Å². The number of benzene rings is 1. The van der Waals surface area contributed by atoms with Crippen LogP contribution in [-0.4, -0.2) is 11.5 Å². The molecular formula is C12H14N2OS. The number of nitrogens with zero attached hydrogens (tertiary/aromatic N) is 1. The van der Waals surface area contributed by atoms with E-state index in [4.69, 9.17) is 10.2 Å². The molecule has 0 saturated heterocycles. The summed E-state index contributed by atoms with van der Waals surface area (Å²) in [5.74, 6) is 0. The minimum atomic E-state index is 0.684. The van der Waals surface area contributed by atoms with Gasteiger partial charge in [-0.05, 0) is 49.3 Å². The van der Waals surface area contributed by atoms with E-state index in [2.05, 4.69) is 29.2 Å². The highest BCUT2D eigenvalue weighted by molar-refractivity contribution is 7.99. The lowest BCUT2D eigenvalue weighted by molar-refractivity contribution is 0.454. The summed E-state index contributed by atoms with van der Waals surface area (Å²) >= 11 is 1.53. The van der Waals surface area contributed by atoms with Gasteiger partial charge < -0.3 is 10.2 Å². The van der Waals surface area contributed by atoms with Crippen molar-refractivity contribution in [2.24, 2.45) is 5.73 Å². The van der Waals surface area contributed by atoms with Gasteiger partial charge in [0.2, 0.25) is 0 Å². The molecule has 0 fully saturated rings. The topological polar surface area (TPSA) is 52.0 Å². The molecule has 0 aliphatic heterocycles. The Balaban J connectivity index is 2.05. The molecule has 0 amide bonds. The largest absolute Gasteiger partial charge is 0.439 e. The molecule has 0 aliphatic rings. The standard InChI is InChI=1S/C12H14N2OS/c1-9-8-15-12(14-9)16-11-4-2-10(3-5-11)6-7-13/h2-5,8H,6-7,13H2,1H3. The summed E-state index contributed by atoms with van der Waals surface area (Å²) in [6.45, 7) is 2.60. The van der Waals surface area contributed by atoms with Crippen molar-refractivity contribution in [2.75, 3.05) is 6.54 Å². The zero-order valence-corrected chi connectivity index (χ0v) is 9.96. The fraction of sp³-hybridized carbons (Fsp3) is 0.250. The van der Waals surface area contributed by atoms with Crippen LogP contribution in [0.5, 0.6) is 0 Å². The third kappa shape index (κ3) is 2.87. The summed E-state index contributed by atoms with van der Waals surface area (Å²) in [7, 11) is 0. The second-order valence-electron chi connectivity index (χ2n) is 3.54. The molecule has 2 N–H and O–H groups in total.